The summed E-state index contributed by atoms with van der Waals surface area (Å²) in [6, 6.07) is 0. The maximum atomic E-state index is 9.98. The predicted molar refractivity (Wildman–Crippen MR) is 63.7 cm³/mol. The van der Waals surface area contributed by atoms with Gasteiger partial charge in [-0.1, -0.05) is 18.5 Å². The first-order chi connectivity index (χ1) is 7.47. The third kappa shape index (κ3) is 2.97. The summed E-state index contributed by atoms with van der Waals surface area (Å²) in [5, 5.41) is 14.8. The Morgan fingerprint density at radius 1 is 1.56 bits per heavy atom. The number of aliphatic hydroxyl groups excluding tert-OH is 1. The molecule has 16 heavy (non-hydrogen) atoms. The van der Waals surface area contributed by atoms with E-state index in [0.29, 0.717) is 18.1 Å². The summed E-state index contributed by atoms with van der Waals surface area (Å²) in [6.45, 7) is 4.34. The van der Waals surface area contributed by atoms with Crippen LogP contribution in [0.4, 0.5) is 0 Å². The van der Waals surface area contributed by atoms with Crippen LogP contribution in [0, 0.1) is 12.8 Å². The number of aliphatic hydroxyl groups is 1. The molecule has 4 nitrogen and oxygen atoms in total. The Kier molecular flexibility index (Phi) is 4.77. The van der Waals surface area contributed by atoms with E-state index in [9.17, 15) is 5.11 Å². The van der Waals surface area contributed by atoms with Crippen LogP contribution in [0.3, 0.4) is 0 Å². The molecule has 2 unspecified atom stereocenters. The maximum absolute atomic E-state index is 9.98. The molecule has 0 amide bonds. The average molecular weight is 247 g/mol. The third-order valence-corrected chi connectivity index (χ3v) is 3.24. The largest absolute Gasteiger partial charge is 0.392 e. The molecule has 92 valence electrons. The van der Waals surface area contributed by atoms with Crippen LogP contribution < -0.4 is 0 Å². The normalized spacial score (nSPS) is 15.1. The first-order valence-electron chi connectivity index (χ1n) is 5.32. The van der Waals surface area contributed by atoms with Crippen molar-refractivity contribution in [2.75, 3.05) is 13.7 Å². The number of nitrogens with zero attached hydrogens (tertiary/aromatic N) is 2. The highest BCUT2D eigenvalue weighted by molar-refractivity contribution is 6.31. The van der Waals surface area contributed by atoms with Crippen molar-refractivity contribution < 1.29 is 9.84 Å². The molecule has 1 N–H and O–H groups in total. The van der Waals surface area contributed by atoms with E-state index < -0.39 is 6.10 Å². The van der Waals surface area contributed by atoms with Crippen molar-refractivity contribution in [2.45, 2.75) is 26.4 Å². The summed E-state index contributed by atoms with van der Waals surface area (Å²) in [5.41, 5.74) is 1.67. The average Bonchev–Trinajstić information content (AvgIpc) is 2.45. The predicted octanol–water partition coefficient (Wildman–Crippen LogP) is 1.57. The van der Waals surface area contributed by atoms with Crippen LogP contribution in [0.1, 0.15) is 18.3 Å². The van der Waals surface area contributed by atoms with Gasteiger partial charge < -0.3 is 9.84 Å². The standard InChI is InChI=1S/C11H19ClN2O2/c1-7(6-16-4)10(15)5-9-11(12)8(2)13-14(9)3/h7,10,15H,5-6H2,1-4H3. The van der Waals surface area contributed by atoms with Gasteiger partial charge in [-0.15, -0.1) is 0 Å². The molecule has 1 aromatic rings. The Hall–Kier alpha value is -0.580. The summed E-state index contributed by atoms with van der Waals surface area (Å²) < 4.78 is 6.74. The molecule has 0 aliphatic carbocycles. The molecule has 1 aromatic heterocycles. The summed E-state index contributed by atoms with van der Waals surface area (Å²) in [6.07, 6.45) is 0.0352. The molecule has 0 fully saturated rings. The van der Waals surface area contributed by atoms with E-state index in [2.05, 4.69) is 5.10 Å². The molecule has 0 bridgehead atoms. The lowest BCUT2D eigenvalue weighted by Crippen LogP contribution is -2.25. The number of hydrogen-bond acceptors (Lipinski definition) is 3. The van der Waals surface area contributed by atoms with Gasteiger partial charge in [-0.3, -0.25) is 4.68 Å². The van der Waals surface area contributed by atoms with Crippen LogP contribution in [0.2, 0.25) is 5.02 Å². The monoisotopic (exact) mass is 246 g/mol. The summed E-state index contributed by atoms with van der Waals surface area (Å²) in [5.74, 6) is 0.0799. The summed E-state index contributed by atoms with van der Waals surface area (Å²) in [4.78, 5) is 0. The molecule has 0 radical (unpaired) electrons. The van der Waals surface area contributed by atoms with Gasteiger partial charge >= 0.3 is 0 Å². The Bertz CT molecular complexity index is 352. The Morgan fingerprint density at radius 3 is 2.62 bits per heavy atom. The highest BCUT2D eigenvalue weighted by atomic mass is 35.5. The number of aromatic nitrogens is 2. The topological polar surface area (TPSA) is 47.3 Å². The number of hydrogen-bond donors (Lipinski definition) is 1. The van der Waals surface area contributed by atoms with Crippen LogP contribution in [0.15, 0.2) is 0 Å². The first kappa shape index (κ1) is 13.5. The van der Waals surface area contributed by atoms with Crippen molar-refractivity contribution in [2.24, 2.45) is 13.0 Å². The minimum Gasteiger partial charge on any atom is -0.392 e. The fourth-order valence-corrected chi connectivity index (χ4v) is 1.91. The zero-order valence-electron chi connectivity index (χ0n) is 10.2. The number of methoxy groups -OCH3 is 1. The first-order valence-corrected chi connectivity index (χ1v) is 5.70. The Labute approximate surface area is 101 Å². The van der Waals surface area contributed by atoms with Crippen molar-refractivity contribution in [3.63, 3.8) is 0 Å². The van der Waals surface area contributed by atoms with Gasteiger partial charge in [-0.2, -0.15) is 5.10 Å². The molecule has 0 aromatic carbocycles. The number of rotatable bonds is 5. The van der Waals surface area contributed by atoms with Crippen LogP contribution in [-0.2, 0) is 18.2 Å². The highest BCUT2D eigenvalue weighted by Crippen LogP contribution is 2.22. The van der Waals surface area contributed by atoms with Gasteiger partial charge in [-0.25, -0.2) is 0 Å². The highest BCUT2D eigenvalue weighted by Gasteiger charge is 2.19. The molecular weight excluding hydrogens is 228 g/mol. The smallest absolute Gasteiger partial charge is 0.0847 e. The number of ether oxygens (including phenoxy) is 1. The lowest BCUT2D eigenvalue weighted by atomic mass is 10.0. The van der Waals surface area contributed by atoms with E-state index in [-0.39, 0.29) is 5.92 Å². The Morgan fingerprint density at radius 2 is 2.19 bits per heavy atom. The third-order valence-electron chi connectivity index (χ3n) is 2.75. The molecule has 0 aliphatic rings. The number of halogens is 1. The minimum atomic E-state index is -0.466. The minimum absolute atomic E-state index is 0.0799. The Balaban J connectivity index is 2.72. The summed E-state index contributed by atoms with van der Waals surface area (Å²) in [7, 11) is 3.46. The van der Waals surface area contributed by atoms with E-state index in [0.717, 1.165) is 11.4 Å². The van der Waals surface area contributed by atoms with Crippen molar-refractivity contribution in [1.82, 2.24) is 9.78 Å². The van der Waals surface area contributed by atoms with Crippen molar-refractivity contribution >= 4 is 11.6 Å². The fourth-order valence-electron chi connectivity index (χ4n) is 1.68. The molecule has 5 heteroatoms. The van der Waals surface area contributed by atoms with Crippen LogP contribution in [0.25, 0.3) is 0 Å². The molecule has 1 heterocycles. The lowest BCUT2D eigenvalue weighted by molar-refractivity contribution is 0.0564. The van der Waals surface area contributed by atoms with Gasteiger partial charge in [0.25, 0.3) is 0 Å². The molecular formula is C11H19ClN2O2. The molecule has 0 saturated carbocycles. The quantitative estimate of drug-likeness (QED) is 0.858. The zero-order valence-corrected chi connectivity index (χ0v) is 11.0. The summed E-state index contributed by atoms with van der Waals surface area (Å²) >= 11 is 6.11. The van der Waals surface area contributed by atoms with Crippen molar-refractivity contribution in [3.05, 3.63) is 16.4 Å². The van der Waals surface area contributed by atoms with Crippen LogP contribution in [-0.4, -0.2) is 34.7 Å². The van der Waals surface area contributed by atoms with Gasteiger partial charge in [0, 0.05) is 26.5 Å². The van der Waals surface area contributed by atoms with Gasteiger partial charge in [-0.05, 0) is 6.92 Å². The van der Waals surface area contributed by atoms with E-state index in [1.165, 1.54) is 0 Å². The molecule has 0 spiro atoms. The van der Waals surface area contributed by atoms with Crippen LogP contribution in [0.5, 0.6) is 0 Å². The molecule has 1 rings (SSSR count). The second-order valence-corrected chi connectivity index (χ2v) is 4.55. The van der Waals surface area contributed by atoms with Gasteiger partial charge in [0.15, 0.2) is 0 Å². The van der Waals surface area contributed by atoms with E-state index in [1.54, 1.807) is 11.8 Å². The van der Waals surface area contributed by atoms with E-state index in [1.807, 2.05) is 20.9 Å². The zero-order chi connectivity index (χ0) is 12.3. The molecule has 0 saturated heterocycles. The van der Waals surface area contributed by atoms with E-state index >= 15 is 0 Å². The second kappa shape index (κ2) is 5.66. The van der Waals surface area contributed by atoms with Gasteiger partial charge in [0.1, 0.15) is 0 Å². The van der Waals surface area contributed by atoms with Crippen molar-refractivity contribution in [3.8, 4) is 0 Å². The van der Waals surface area contributed by atoms with Gasteiger partial charge in [0.2, 0.25) is 0 Å². The van der Waals surface area contributed by atoms with E-state index in [4.69, 9.17) is 16.3 Å². The number of aryl methyl sites for hydroxylation is 2. The van der Waals surface area contributed by atoms with Crippen LogP contribution >= 0.6 is 11.6 Å². The van der Waals surface area contributed by atoms with Crippen molar-refractivity contribution in [1.29, 1.82) is 0 Å². The fraction of sp³-hybridized carbons (Fsp3) is 0.727. The molecule has 0 aliphatic heterocycles. The van der Waals surface area contributed by atoms with Gasteiger partial charge in [0.05, 0.1) is 29.1 Å². The second-order valence-electron chi connectivity index (χ2n) is 4.17. The molecule has 2 atom stereocenters. The SMILES string of the molecule is COCC(C)C(O)Cc1c(Cl)c(C)nn1C. The lowest BCUT2D eigenvalue weighted by Gasteiger charge is -2.18. The maximum Gasteiger partial charge on any atom is 0.0847 e.